The van der Waals surface area contributed by atoms with E-state index >= 15 is 0 Å². The molecule has 0 bridgehead atoms. The van der Waals surface area contributed by atoms with Crippen LogP contribution >= 0.6 is 0 Å². The van der Waals surface area contributed by atoms with E-state index in [9.17, 15) is 8.42 Å². The molecule has 1 heterocycles. The van der Waals surface area contributed by atoms with E-state index in [2.05, 4.69) is 12.2 Å². The summed E-state index contributed by atoms with van der Waals surface area (Å²) in [6.45, 7) is 3.02. The molecule has 4 unspecified atom stereocenters. The lowest BCUT2D eigenvalue weighted by Crippen LogP contribution is -2.56. The van der Waals surface area contributed by atoms with Crippen molar-refractivity contribution in [1.29, 1.82) is 0 Å². The standard InChI is InChI=1S/C15H29NO3S/c1-15(9-4-5-10-19-15)14(16-2)12-7-6-8-13(11-12)20(3,17)18/h12-14,16H,4-11H2,1-3H3. The van der Waals surface area contributed by atoms with Gasteiger partial charge in [0.1, 0.15) is 9.84 Å². The highest BCUT2D eigenvalue weighted by Crippen LogP contribution is 2.38. The van der Waals surface area contributed by atoms with Crippen molar-refractivity contribution in [3.63, 3.8) is 0 Å². The average Bonchev–Trinajstić information content (AvgIpc) is 2.39. The number of rotatable bonds is 4. The van der Waals surface area contributed by atoms with Crippen molar-refractivity contribution in [2.45, 2.75) is 68.8 Å². The van der Waals surface area contributed by atoms with Crippen molar-refractivity contribution in [3.05, 3.63) is 0 Å². The fourth-order valence-corrected chi connectivity index (χ4v) is 5.30. The molecule has 0 aromatic carbocycles. The molecule has 2 fully saturated rings. The van der Waals surface area contributed by atoms with E-state index in [1.54, 1.807) is 0 Å². The predicted molar refractivity (Wildman–Crippen MR) is 81.6 cm³/mol. The highest BCUT2D eigenvalue weighted by Gasteiger charge is 2.43. The van der Waals surface area contributed by atoms with E-state index in [1.807, 2.05) is 7.05 Å². The molecule has 0 radical (unpaired) electrons. The van der Waals surface area contributed by atoms with E-state index in [-0.39, 0.29) is 16.9 Å². The maximum atomic E-state index is 11.8. The van der Waals surface area contributed by atoms with Gasteiger partial charge in [-0.15, -0.1) is 0 Å². The van der Waals surface area contributed by atoms with E-state index < -0.39 is 9.84 Å². The molecule has 0 aromatic rings. The van der Waals surface area contributed by atoms with Gasteiger partial charge < -0.3 is 10.1 Å². The SMILES string of the molecule is CNC(C1CCCC(S(C)(=O)=O)C1)C1(C)CCCCO1. The van der Waals surface area contributed by atoms with Gasteiger partial charge in [0, 0.05) is 18.9 Å². The molecule has 2 aliphatic rings. The fraction of sp³-hybridized carbons (Fsp3) is 1.00. The van der Waals surface area contributed by atoms with Gasteiger partial charge in [-0.25, -0.2) is 8.42 Å². The van der Waals surface area contributed by atoms with Crippen molar-refractivity contribution in [2.24, 2.45) is 5.92 Å². The summed E-state index contributed by atoms with van der Waals surface area (Å²) in [6, 6.07) is 0.257. The zero-order valence-electron chi connectivity index (χ0n) is 13.0. The lowest BCUT2D eigenvalue weighted by molar-refractivity contribution is -0.102. The van der Waals surface area contributed by atoms with Crippen molar-refractivity contribution >= 4 is 9.84 Å². The fourth-order valence-electron chi connectivity index (χ4n) is 4.11. The van der Waals surface area contributed by atoms with Crippen LogP contribution in [0.5, 0.6) is 0 Å². The van der Waals surface area contributed by atoms with Gasteiger partial charge in [-0.1, -0.05) is 6.42 Å². The summed E-state index contributed by atoms with van der Waals surface area (Å²) in [5.41, 5.74) is -0.142. The second kappa shape index (κ2) is 6.32. The Morgan fingerprint density at radius 2 is 2.00 bits per heavy atom. The highest BCUT2D eigenvalue weighted by molar-refractivity contribution is 7.91. The Balaban J connectivity index is 2.10. The van der Waals surface area contributed by atoms with Gasteiger partial charge in [-0.3, -0.25) is 0 Å². The van der Waals surface area contributed by atoms with E-state index in [4.69, 9.17) is 4.74 Å². The first-order valence-corrected chi connectivity index (χ1v) is 9.82. The molecule has 1 saturated heterocycles. The number of hydrogen-bond acceptors (Lipinski definition) is 4. The smallest absolute Gasteiger partial charge is 0.150 e. The third-order valence-electron chi connectivity index (χ3n) is 5.21. The van der Waals surface area contributed by atoms with Crippen LogP contribution in [0.1, 0.15) is 51.9 Å². The van der Waals surface area contributed by atoms with Gasteiger partial charge in [0.25, 0.3) is 0 Å². The average molecular weight is 303 g/mol. The third-order valence-corrected chi connectivity index (χ3v) is 6.85. The number of ether oxygens (including phenoxy) is 1. The van der Waals surface area contributed by atoms with Gasteiger partial charge in [-0.2, -0.15) is 0 Å². The van der Waals surface area contributed by atoms with Gasteiger partial charge in [0.2, 0.25) is 0 Å². The van der Waals surface area contributed by atoms with Gasteiger partial charge in [-0.05, 0) is 58.4 Å². The molecule has 1 saturated carbocycles. The molecule has 2 rings (SSSR count). The number of nitrogens with one attached hydrogen (secondary N) is 1. The monoisotopic (exact) mass is 303 g/mol. The Morgan fingerprint density at radius 1 is 1.25 bits per heavy atom. The van der Waals surface area contributed by atoms with Crippen molar-refractivity contribution in [3.8, 4) is 0 Å². The minimum absolute atomic E-state index is 0.142. The largest absolute Gasteiger partial charge is 0.374 e. The zero-order chi connectivity index (χ0) is 14.8. The van der Waals surface area contributed by atoms with Crippen LogP contribution in [-0.4, -0.2) is 45.2 Å². The predicted octanol–water partition coefficient (Wildman–Crippen LogP) is 2.14. The third kappa shape index (κ3) is 3.55. The Labute approximate surface area is 123 Å². The minimum atomic E-state index is -2.92. The van der Waals surface area contributed by atoms with Crippen molar-refractivity contribution in [1.82, 2.24) is 5.32 Å². The first kappa shape index (κ1) is 16.2. The lowest BCUT2D eigenvalue weighted by Gasteiger charge is -2.46. The molecule has 0 spiro atoms. The van der Waals surface area contributed by atoms with Crippen LogP contribution in [0.15, 0.2) is 0 Å². The summed E-state index contributed by atoms with van der Waals surface area (Å²) in [5.74, 6) is 0.400. The normalized spacial score (nSPS) is 37.5. The molecule has 4 atom stereocenters. The van der Waals surface area contributed by atoms with Gasteiger partial charge >= 0.3 is 0 Å². The maximum Gasteiger partial charge on any atom is 0.150 e. The minimum Gasteiger partial charge on any atom is -0.374 e. The number of hydrogen-bond donors (Lipinski definition) is 1. The van der Waals surface area contributed by atoms with Crippen molar-refractivity contribution < 1.29 is 13.2 Å². The second-order valence-corrected chi connectivity index (χ2v) is 9.09. The molecular weight excluding hydrogens is 274 g/mol. The number of sulfone groups is 1. The van der Waals surface area contributed by atoms with Crippen LogP contribution in [0, 0.1) is 5.92 Å². The van der Waals surface area contributed by atoms with E-state index in [1.165, 1.54) is 12.7 Å². The maximum absolute atomic E-state index is 11.8. The molecule has 118 valence electrons. The number of likely N-dealkylation sites (N-methyl/N-ethyl adjacent to an activating group) is 1. The first-order chi connectivity index (χ1) is 9.37. The topological polar surface area (TPSA) is 55.4 Å². The van der Waals surface area contributed by atoms with Crippen LogP contribution in [0.4, 0.5) is 0 Å². The molecule has 1 aliphatic heterocycles. The van der Waals surface area contributed by atoms with E-state index in [0.29, 0.717) is 5.92 Å². The van der Waals surface area contributed by atoms with Crippen molar-refractivity contribution in [2.75, 3.05) is 19.9 Å². The van der Waals surface area contributed by atoms with Crippen LogP contribution < -0.4 is 5.32 Å². The van der Waals surface area contributed by atoms with E-state index in [0.717, 1.165) is 45.1 Å². The van der Waals surface area contributed by atoms with Crippen LogP contribution in [0.25, 0.3) is 0 Å². The Kier molecular flexibility index (Phi) is 5.14. The molecule has 20 heavy (non-hydrogen) atoms. The molecule has 0 aromatic heterocycles. The molecule has 0 amide bonds. The highest BCUT2D eigenvalue weighted by atomic mass is 32.2. The lowest BCUT2D eigenvalue weighted by atomic mass is 9.74. The summed E-state index contributed by atoms with van der Waals surface area (Å²) in [7, 11) is -0.936. The Bertz CT molecular complexity index is 415. The van der Waals surface area contributed by atoms with Crippen LogP contribution in [0.3, 0.4) is 0 Å². The second-order valence-electron chi connectivity index (χ2n) is 6.76. The molecule has 4 nitrogen and oxygen atoms in total. The summed E-state index contributed by atoms with van der Waals surface area (Å²) in [6.07, 6.45) is 8.52. The summed E-state index contributed by atoms with van der Waals surface area (Å²) < 4.78 is 29.8. The molecule has 1 N–H and O–H groups in total. The Morgan fingerprint density at radius 3 is 2.55 bits per heavy atom. The molecule has 1 aliphatic carbocycles. The summed E-state index contributed by atoms with van der Waals surface area (Å²) in [5, 5.41) is 3.27. The zero-order valence-corrected chi connectivity index (χ0v) is 13.8. The Hall–Kier alpha value is -0.130. The molecular formula is C15H29NO3S. The van der Waals surface area contributed by atoms with Crippen LogP contribution in [0.2, 0.25) is 0 Å². The van der Waals surface area contributed by atoms with Gasteiger partial charge in [0.15, 0.2) is 0 Å². The summed E-state index contributed by atoms with van der Waals surface area (Å²) in [4.78, 5) is 0. The quantitative estimate of drug-likeness (QED) is 0.864. The first-order valence-electron chi connectivity index (χ1n) is 7.87. The summed E-state index contributed by atoms with van der Waals surface area (Å²) >= 11 is 0. The van der Waals surface area contributed by atoms with Gasteiger partial charge in [0.05, 0.1) is 10.9 Å². The van der Waals surface area contributed by atoms with Crippen LogP contribution in [-0.2, 0) is 14.6 Å². The molecule has 5 heteroatoms.